The predicted octanol–water partition coefficient (Wildman–Crippen LogP) is 4.72. The third-order valence-electron chi connectivity index (χ3n) is 2.40. The summed E-state index contributed by atoms with van der Waals surface area (Å²) in [6.07, 6.45) is 3.28. The van der Waals surface area contributed by atoms with Gasteiger partial charge in [-0.25, -0.2) is 0 Å². The van der Waals surface area contributed by atoms with E-state index in [9.17, 15) is 0 Å². The highest BCUT2D eigenvalue weighted by Gasteiger charge is 2.04. The molecule has 0 N–H and O–H groups in total. The molecule has 0 aliphatic rings. The molecule has 0 heterocycles. The number of rotatable bonds is 6. The molecule has 16 heavy (non-hydrogen) atoms. The molecule has 0 saturated heterocycles. The quantitative estimate of drug-likeness (QED) is 0.654. The van der Waals surface area contributed by atoms with Crippen LogP contribution in [0.3, 0.4) is 0 Å². The summed E-state index contributed by atoms with van der Waals surface area (Å²) in [5.41, 5.74) is 1.28. The second-order valence-electron chi connectivity index (χ2n) is 4.56. The van der Waals surface area contributed by atoms with E-state index in [1.165, 1.54) is 5.56 Å². The van der Waals surface area contributed by atoms with Crippen molar-refractivity contribution in [3.05, 3.63) is 28.8 Å². The minimum Gasteiger partial charge on any atom is -0.492 e. The van der Waals surface area contributed by atoms with Crippen molar-refractivity contribution in [2.45, 2.75) is 40.0 Å². The number of unbranched alkanes of at least 4 members (excludes halogenated alkanes) is 1. The first-order chi connectivity index (χ1) is 7.63. The molecule has 0 amide bonds. The SMILES string of the molecule is CCCCOc1ccc(CC(C)C)cc1Cl. The van der Waals surface area contributed by atoms with Crippen molar-refractivity contribution < 1.29 is 4.74 Å². The van der Waals surface area contributed by atoms with E-state index in [0.717, 1.165) is 36.6 Å². The lowest BCUT2D eigenvalue weighted by Gasteiger charge is -2.10. The maximum absolute atomic E-state index is 6.17. The zero-order valence-electron chi connectivity index (χ0n) is 10.4. The van der Waals surface area contributed by atoms with Crippen LogP contribution in [0.2, 0.25) is 5.02 Å². The highest BCUT2D eigenvalue weighted by molar-refractivity contribution is 6.32. The Hall–Kier alpha value is -0.690. The van der Waals surface area contributed by atoms with Gasteiger partial charge in [0, 0.05) is 0 Å². The third-order valence-corrected chi connectivity index (χ3v) is 2.69. The van der Waals surface area contributed by atoms with E-state index < -0.39 is 0 Å². The average molecular weight is 241 g/mol. The fourth-order valence-corrected chi connectivity index (χ4v) is 1.84. The summed E-state index contributed by atoms with van der Waals surface area (Å²) in [5, 5.41) is 0.731. The predicted molar refractivity (Wildman–Crippen MR) is 70.4 cm³/mol. The van der Waals surface area contributed by atoms with Crippen molar-refractivity contribution in [2.24, 2.45) is 5.92 Å². The van der Waals surface area contributed by atoms with E-state index in [1.54, 1.807) is 0 Å². The number of halogens is 1. The molecule has 0 fully saturated rings. The Morgan fingerprint density at radius 1 is 1.31 bits per heavy atom. The first-order valence-corrected chi connectivity index (χ1v) is 6.42. The van der Waals surface area contributed by atoms with Crippen molar-refractivity contribution in [3.63, 3.8) is 0 Å². The van der Waals surface area contributed by atoms with Gasteiger partial charge in [-0.05, 0) is 36.5 Å². The lowest BCUT2D eigenvalue weighted by molar-refractivity contribution is 0.309. The molecule has 1 aromatic rings. The lowest BCUT2D eigenvalue weighted by atomic mass is 10.0. The zero-order chi connectivity index (χ0) is 12.0. The Bertz CT molecular complexity index is 321. The number of hydrogen-bond acceptors (Lipinski definition) is 1. The summed E-state index contributed by atoms with van der Waals surface area (Å²) in [4.78, 5) is 0. The van der Waals surface area contributed by atoms with Crippen molar-refractivity contribution in [3.8, 4) is 5.75 Å². The molecule has 0 spiro atoms. The van der Waals surface area contributed by atoms with Crippen molar-refractivity contribution in [2.75, 3.05) is 6.61 Å². The van der Waals surface area contributed by atoms with Gasteiger partial charge in [0.15, 0.2) is 0 Å². The standard InChI is InChI=1S/C14H21ClO/c1-4-5-8-16-14-7-6-12(9-11(2)3)10-13(14)15/h6-7,10-11H,4-5,8-9H2,1-3H3. The summed E-state index contributed by atoms with van der Waals surface area (Å²) in [5.74, 6) is 1.46. The Balaban J connectivity index is 2.60. The van der Waals surface area contributed by atoms with Crippen molar-refractivity contribution in [1.82, 2.24) is 0 Å². The minimum atomic E-state index is 0.655. The maximum Gasteiger partial charge on any atom is 0.137 e. The molecule has 0 unspecified atom stereocenters. The molecular formula is C14H21ClO. The largest absolute Gasteiger partial charge is 0.492 e. The van der Waals surface area contributed by atoms with Crippen LogP contribution >= 0.6 is 11.6 Å². The number of ether oxygens (including phenoxy) is 1. The van der Waals surface area contributed by atoms with Gasteiger partial charge in [0.1, 0.15) is 5.75 Å². The van der Waals surface area contributed by atoms with Crippen LogP contribution in [0.5, 0.6) is 5.75 Å². The maximum atomic E-state index is 6.17. The Morgan fingerprint density at radius 3 is 2.62 bits per heavy atom. The third kappa shape index (κ3) is 4.44. The van der Waals surface area contributed by atoms with E-state index in [1.807, 2.05) is 12.1 Å². The lowest BCUT2D eigenvalue weighted by Crippen LogP contribution is -1.98. The van der Waals surface area contributed by atoms with E-state index in [4.69, 9.17) is 16.3 Å². The molecular weight excluding hydrogens is 220 g/mol. The Kier molecular flexibility index (Phi) is 5.68. The van der Waals surface area contributed by atoms with Crippen LogP contribution < -0.4 is 4.74 Å². The average Bonchev–Trinajstić information content (AvgIpc) is 2.20. The van der Waals surface area contributed by atoms with Crippen LogP contribution in [0.4, 0.5) is 0 Å². The highest BCUT2D eigenvalue weighted by atomic mass is 35.5. The molecule has 0 radical (unpaired) electrons. The van der Waals surface area contributed by atoms with Crippen molar-refractivity contribution in [1.29, 1.82) is 0 Å². The zero-order valence-corrected chi connectivity index (χ0v) is 11.2. The van der Waals surface area contributed by atoms with E-state index in [2.05, 4.69) is 26.8 Å². The van der Waals surface area contributed by atoms with Crippen LogP contribution in [0.1, 0.15) is 39.2 Å². The van der Waals surface area contributed by atoms with Crippen LogP contribution in [-0.2, 0) is 6.42 Å². The summed E-state index contributed by atoms with van der Waals surface area (Å²) >= 11 is 6.17. The van der Waals surface area contributed by atoms with Gasteiger partial charge in [0.25, 0.3) is 0 Å². The molecule has 1 nitrogen and oxygen atoms in total. The Labute approximate surface area is 104 Å². The van der Waals surface area contributed by atoms with Gasteiger partial charge in [-0.15, -0.1) is 0 Å². The van der Waals surface area contributed by atoms with E-state index in [-0.39, 0.29) is 0 Å². The molecule has 0 saturated carbocycles. The summed E-state index contributed by atoms with van der Waals surface area (Å²) in [6, 6.07) is 6.10. The minimum absolute atomic E-state index is 0.655. The Morgan fingerprint density at radius 2 is 2.06 bits per heavy atom. The van der Waals surface area contributed by atoms with Crippen LogP contribution in [0.15, 0.2) is 18.2 Å². The first kappa shape index (κ1) is 13.4. The van der Waals surface area contributed by atoms with Gasteiger partial charge in [-0.3, -0.25) is 0 Å². The van der Waals surface area contributed by atoms with Gasteiger partial charge in [0.2, 0.25) is 0 Å². The van der Waals surface area contributed by atoms with Crippen LogP contribution in [-0.4, -0.2) is 6.61 Å². The first-order valence-electron chi connectivity index (χ1n) is 6.04. The fourth-order valence-electron chi connectivity index (χ4n) is 1.59. The smallest absolute Gasteiger partial charge is 0.137 e. The molecule has 0 aliphatic heterocycles. The molecule has 0 atom stereocenters. The molecule has 1 aromatic carbocycles. The molecule has 90 valence electrons. The molecule has 2 heteroatoms. The van der Waals surface area contributed by atoms with Crippen LogP contribution in [0, 0.1) is 5.92 Å². The van der Waals surface area contributed by atoms with Crippen LogP contribution in [0.25, 0.3) is 0 Å². The second-order valence-corrected chi connectivity index (χ2v) is 4.97. The van der Waals surface area contributed by atoms with Gasteiger partial charge < -0.3 is 4.74 Å². The summed E-state index contributed by atoms with van der Waals surface area (Å²) in [7, 11) is 0. The topological polar surface area (TPSA) is 9.23 Å². The van der Waals surface area contributed by atoms with Crippen molar-refractivity contribution >= 4 is 11.6 Å². The summed E-state index contributed by atoms with van der Waals surface area (Å²) < 4.78 is 5.61. The van der Waals surface area contributed by atoms with E-state index >= 15 is 0 Å². The number of benzene rings is 1. The van der Waals surface area contributed by atoms with Gasteiger partial charge in [-0.2, -0.15) is 0 Å². The summed E-state index contributed by atoms with van der Waals surface area (Å²) in [6.45, 7) is 7.32. The monoisotopic (exact) mass is 240 g/mol. The van der Waals surface area contributed by atoms with Gasteiger partial charge in [0.05, 0.1) is 11.6 Å². The second kappa shape index (κ2) is 6.80. The number of hydrogen-bond donors (Lipinski definition) is 0. The molecule has 1 rings (SSSR count). The molecule has 0 bridgehead atoms. The fraction of sp³-hybridized carbons (Fsp3) is 0.571. The van der Waals surface area contributed by atoms with Gasteiger partial charge in [-0.1, -0.05) is 44.9 Å². The highest BCUT2D eigenvalue weighted by Crippen LogP contribution is 2.26. The molecule has 0 aromatic heterocycles. The van der Waals surface area contributed by atoms with E-state index in [0.29, 0.717) is 5.92 Å². The normalized spacial score (nSPS) is 10.8. The molecule has 0 aliphatic carbocycles. The van der Waals surface area contributed by atoms with Gasteiger partial charge >= 0.3 is 0 Å².